The number of rotatable bonds is 6. The summed E-state index contributed by atoms with van der Waals surface area (Å²) < 4.78 is 1.09. The number of fused-ring (bicyclic) bond motifs is 1. The van der Waals surface area contributed by atoms with Gasteiger partial charge >= 0.3 is 0 Å². The second-order valence-electron chi connectivity index (χ2n) is 7.47. The first-order valence-electron chi connectivity index (χ1n) is 9.85. The minimum Gasteiger partial charge on any atom is -0.395 e. The van der Waals surface area contributed by atoms with Gasteiger partial charge in [-0.05, 0) is 38.6 Å². The lowest BCUT2D eigenvalue weighted by Crippen LogP contribution is -2.70. The number of nitrogens with one attached hydrogen (secondary N) is 4. The van der Waals surface area contributed by atoms with E-state index in [1.165, 1.54) is 0 Å². The van der Waals surface area contributed by atoms with Crippen molar-refractivity contribution in [3.63, 3.8) is 0 Å². The zero-order valence-corrected chi connectivity index (χ0v) is 16.8. The van der Waals surface area contributed by atoms with Crippen LogP contribution in [0.2, 0.25) is 0 Å². The van der Waals surface area contributed by atoms with Crippen LogP contribution in [0.5, 0.6) is 0 Å². The molecule has 0 spiro atoms. The first kappa shape index (κ1) is 19.7. The van der Waals surface area contributed by atoms with E-state index >= 15 is 0 Å². The number of carbonyl (C=O) groups is 1. The smallest absolute Gasteiger partial charge is 0.235 e. The quantitative estimate of drug-likeness (QED) is 0.461. The Morgan fingerprint density at radius 3 is 3.00 bits per heavy atom. The summed E-state index contributed by atoms with van der Waals surface area (Å²) in [7, 11) is 1.88. The molecule has 4 rings (SSSR count). The molecule has 2 aromatic rings. The number of thiazole rings is 1. The van der Waals surface area contributed by atoms with Gasteiger partial charge in [0.25, 0.3) is 0 Å². The molecule has 1 aromatic carbocycles. The zero-order valence-electron chi connectivity index (χ0n) is 16.0. The molecule has 2 aliphatic heterocycles. The van der Waals surface area contributed by atoms with Crippen LogP contribution < -0.4 is 21.3 Å². The summed E-state index contributed by atoms with van der Waals surface area (Å²) in [4.78, 5) is 19.8. The Morgan fingerprint density at radius 1 is 1.39 bits per heavy atom. The molecule has 0 saturated carbocycles. The van der Waals surface area contributed by atoms with E-state index in [2.05, 4.69) is 21.3 Å². The number of piperidine rings is 1. The van der Waals surface area contributed by atoms with Crippen LogP contribution in [-0.4, -0.2) is 72.7 Å². The summed E-state index contributed by atoms with van der Waals surface area (Å²) in [5.74, 6) is -0.452. The lowest BCUT2D eigenvalue weighted by Gasteiger charge is -2.42. The Labute approximate surface area is 168 Å². The van der Waals surface area contributed by atoms with Crippen molar-refractivity contribution in [1.82, 2.24) is 31.2 Å². The number of benzene rings is 1. The van der Waals surface area contributed by atoms with Gasteiger partial charge in [-0.2, -0.15) is 0 Å². The number of likely N-dealkylation sites (N-methyl/N-ethyl adjacent to an activating group) is 1. The van der Waals surface area contributed by atoms with Gasteiger partial charge in [-0.3, -0.25) is 20.3 Å². The molecule has 3 unspecified atom stereocenters. The van der Waals surface area contributed by atoms with Crippen LogP contribution in [0.4, 0.5) is 0 Å². The van der Waals surface area contributed by atoms with E-state index in [0.717, 1.165) is 41.2 Å². The fourth-order valence-corrected chi connectivity index (χ4v) is 4.98. The number of aliphatic hydroxyl groups excluding tert-OH is 1. The SMILES string of the molecule is CN(CCO)C1NC(=O)C(c2nc3ccccc3s2)C(N[C@@H]2CCCNC2)N1. The van der Waals surface area contributed by atoms with Gasteiger partial charge in [-0.1, -0.05) is 12.1 Å². The molecule has 2 fully saturated rings. The van der Waals surface area contributed by atoms with E-state index in [-0.39, 0.29) is 25.0 Å². The van der Waals surface area contributed by atoms with Crippen molar-refractivity contribution >= 4 is 27.5 Å². The Hall–Kier alpha value is -1.62. The fraction of sp³-hybridized carbons (Fsp3) is 0.579. The molecular formula is C19H28N6O2S. The van der Waals surface area contributed by atoms with E-state index in [1.54, 1.807) is 11.3 Å². The average Bonchev–Trinajstić information content (AvgIpc) is 3.12. The molecule has 2 aliphatic rings. The molecule has 28 heavy (non-hydrogen) atoms. The molecular weight excluding hydrogens is 376 g/mol. The fourth-order valence-electron chi connectivity index (χ4n) is 3.88. The van der Waals surface area contributed by atoms with E-state index < -0.39 is 5.92 Å². The van der Waals surface area contributed by atoms with Gasteiger partial charge in [-0.25, -0.2) is 4.98 Å². The van der Waals surface area contributed by atoms with Gasteiger partial charge in [0.15, 0.2) is 0 Å². The number of carbonyl (C=O) groups excluding carboxylic acids is 1. The molecule has 4 atom stereocenters. The average molecular weight is 405 g/mol. The highest BCUT2D eigenvalue weighted by molar-refractivity contribution is 7.18. The van der Waals surface area contributed by atoms with Crippen LogP contribution >= 0.6 is 11.3 Å². The summed E-state index contributed by atoms with van der Waals surface area (Å²) in [5.41, 5.74) is 0.924. The monoisotopic (exact) mass is 404 g/mol. The van der Waals surface area contributed by atoms with Crippen molar-refractivity contribution in [2.24, 2.45) is 0 Å². The Morgan fingerprint density at radius 2 is 2.25 bits per heavy atom. The molecule has 0 aliphatic carbocycles. The molecule has 8 nitrogen and oxygen atoms in total. The summed E-state index contributed by atoms with van der Waals surface area (Å²) in [5, 5.41) is 23.7. The van der Waals surface area contributed by atoms with Crippen LogP contribution in [0.3, 0.4) is 0 Å². The number of hydrogen-bond acceptors (Lipinski definition) is 8. The summed E-state index contributed by atoms with van der Waals surface area (Å²) in [6.45, 7) is 2.45. The van der Waals surface area contributed by atoms with Gasteiger partial charge in [0.05, 0.1) is 23.0 Å². The summed E-state index contributed by atoms with van der Waals surface area (Å²) in [6.07, 6.45) is 1.64. The second-order valence-corrected chi connectivity index (χ2v) is 8.53. The molecule has 152 valence electrons. The van der Waals surface area contributed by atoms with Gasteiger partial charge in [-0.15, -0.1) is 11.3 Å². The van der Waals surface area contributed by atoms with Crippen molar-refractivity contribution in [3.05, 3.63) is 29.3 Å². The molecule has 0 radical (unpaired) electrons. The van der Waals surface area contributed by atoms with Crippen molar-refractivity contribution in [2.45, 2.75) is 37.3 Å². The first-order chi connectivity index (χ1) is 13.7. The van der Waals surface area contributed by atoms with Crippen LogP contribution in [-0.2, 0) is 4.79 Å². The predicted molar refractivity (Wildman–Crippen MR) is 110 cm³/mol. The lowest BCUT2D eigenvalue weighted by molar-refractivity contribution is -0.129. The molecule has 2 saturated heterocycles. The maximum absolute atomic E-state index is 13.1. The van der Waals surface area contributed by atoms with E-state index in [1.807, 2.05) is 36.2 Å². The maximum Gasteiger partial charge on any atom is 0.235 e. The van der Waals surface area contributed by atoms with Crippen LogP contribution in [0.1, 0.15) is 23.8 Å². The van der Waals surface area contributed by atoms with Gasteiger partial charge in [0, 0.05) is 19.1 Å². The second kappa shape index (κ2) is 8.81. The third-order valence-electron chi connectivity index (χ3n) is 5.41. The van der Waals surface area contributed by atoms with Crippen molar-refractivity contribution in [3.8, 4) is 0 Å². The minimum absolute atomic E-state index is 0.0382. The van der Waals surface area contributed by atoms with Crippen LogP contribution in [0, 0.1) is 0 Å². The molecule has 3 heterocycles. The van der Waals surface area contributed by atoms with Crippen molar-refractivity contribution in [2.75, 3.05) is 33.3 Å². The lowest BCUT2D eigenvalue weighted by atomic mass is 10.00. The number of amides is 1. The maximum atomic E-state index is 13.1. The van der Waals surface area contributed by atoms with Gasteiger partial charge < -0.3 is 15.7 Å². The van der Waals surface area contributed by atoms with Crippen LogP contribution in [0.15, 0.2) is 24.3 Å². The largest absolute Gasteiger partial charge is 0.395 e. The number of aromatic nitrogens is 1. The number of aliphatic hydroxyl groups is 1. The predicted octanol–water partition coefficient (Wildman–Crippen LogP) is -0.0253. The highest BCUT2D eigenvalue weighted by atomic mass is 32.1. The molecule has 1 amide bonds. The van der Waals surface area contributed by atoms with E-state index in [9.17, 15) is 9.90 Å². The van der Waals surface area contributed by atoms with E-state index in [4.69, 9.17) is 4.98 Å². The third kappa shape index (κ3) is 4.19. The zero-order chi connectivity index (χ0) is 19.5. The first-order valence-corrected chi connectivity index (χ1v) is 10.7. The van der Waals surface area contributed by atoms with Crippen LogP contribution in [0.25, 0.3) is 10.2 Å². The highest BCUT2D eigenvalue weighted by Crippen LogP contribution is 2.31. The van der Waals surface area contributed by atoms with Crippen molar-refractivity contribution in [1.29, 1.82) is 0 Å². The van der Waals surface area contributed by atoms with Crippen molar-refractivity contribution < 1.29 is 9.90 Å². The Kier molecular flexibility index (Phi) is 6.19. The molecule has 1 aromatic heterocycles. The molecule has 5 N–H and O–H groups in total. The molecule has 9 heteroatoms. The number of hydrogen-bond donors (Lipinski definition) is 5. The van der Waals surface area contributed by atoms with Gasteiger partial charge in [0.2, 0.25) is 5.91 Å². The summed E-state index contributed by atoms with van der Waals surface area (Å²) in [6, 6.07) is 8.28. The third-order valence-corrected chi connectivity index (χ3v) is 6.53. The van der Waals surface area contributed by atoms with Gasteiger partial charge in [0.1, 0.15) is 17.2 Å². The topological polar surface area (TPSA) is 102 Å². The standard InChI is InChI=1S/C19H28N6O2S/c1-25(9-10-26)19-23-16(21-12-5-4-8-20-11-12)15(17(27)24-19)18-22-13-6-2-3-7-14(13)28-18/h2-3,6-7,12,15-16,19-21,23,26H,4-5,8-11H2,1H3,(H,24,27)/t12-,15?,16?,19?/m1/s1. The Balaban J connectivity index is 1.60. The molecule has 0 bridgehead atoms. The highest BCUT2D eigenvalue weighted by Gasteiger charge is 2.41. The summed E-state index contributed by atoms with van der Waals surface area (Å²) >= 11 is 1.57. The van der Waals surface area contributed by atoms with E-state index in [0.29, 0.717) is 12.6 Å². The normalized spacial score (nSPS) is 28.6. The Bertz CT molecular complexity index is 776. The number of para-hydroxylation sites is 1. The number of nitrogens with zero attached hydrogens (tertiary/aromatic N) is 2. The minimum atomic E-state index is -0.405.